The highest BCUT2D eigenvalue weighted by Gasteiger charge is 2.40. The zero-order chi connectivity index (χ0) is 17.2. The average Bonchev–Trinajstić information content (AvgIpc) is 2.47. The zero-order valence-electron chi connectivity index (χ0n) is 11.7. The number of halogens is 5. The van der Waals surface area contributed by atoms with Crippen LogP contribution < -0.4 is 4.74 Å². The topological polar surface area (TPSA) is 52.6 Å². The third-order valence-electron chi connectivity index (χ3n) is 2.66. The Kier molecular flexibility index (Phi) is 6.66. The first-order valence-corrected chi connectivity index (χ1v) is 7.85. The van der Waals surface area contributed by atoms with Crippen LogP contribution >= 0.6 is 58.0 Å². The summed E-state index contributed by atoms with van der Waals surface area (Å²) < 4.78 is 9.91. The van der Waals surface area contributed by atoms with Crippen LogP contribution in [0, 0.1) is 5.41 Å². The van der Waals surface area contributed by atoms with Gasteiger partial charge in [-0.1, -0.05) is 58.0 Å². The Hall–Kier alpha value is -0.390. The van der Waals surface area contributed by atoms with Crippen LogP contribution in [0.5, 0.6) is 5.75 Å². The third-order valence-corrected chi connectivity index (χ3v) is 4.90. The summed E-state index contributed by atoms with van der Waals surface area (Å²) in [5.74, 6) is -1.95. The Morgan fingerprint density at radius 2 is 1.27 bits per heavy atom. The highest BCUT2D eigenvalue weighted by molar-refractivity contribution is 6.55. The molecule has 0 aromatic heterocycles. The third kappa shape index (κ3) is 3.74. The molecule has 9 heteroatoms. The molecule has 1 aromatic carbocycles. The Morgan fingerprint density at radius 3 is 1.68 bits per heavy atom. The molecule has 0 aliphatic rings. The second-order valence-electron chi connectivity index (χ2n) is 4.63. The summed E-state index contributed by atoms with van der Waals surface area (Å²) in [6, 6.07) is 0. The maximum absolute atomic E-state index is 12.2. The van der Waals surface area contributed by atoms with Crippen LogP contribution in [0.15, 0.2) is 0 Å². The van der Waals surface area contributed by atoms with E-state index in [2.05, 4.69) is 0 Å². The van der Waals surface area contributed by atoms with Gasteiger partial charge >= 0.3 is 11.9 Å². The van der Waals surface area contributed by atoms with Crippen molar-refractivity contribution in [2.45, 2.75) is 20.8 Å². The van der Waals surface area contributed by atoms with Crippen molar-refractivity contribution in [1.29, 1.82) is 0 Å². The van der Waals surface area contributed by atoms with Crippen molar-refractivity contribution in [3.63, 3.8) is 0 Å². The van der Waals surface area contributed by atoms with Gasteiger partial charge in [0, 0.05) is 0 Å². The van der Waals surface area contributed by atoms with Crippen molar-refractivity contribution in [3.8, 4) is 5.75 Å². The van der Waals surface area contributed by atoms with Crippen LogP contribution in [0.2, 0.25) is 25.1 Å². The van der Waals surface area contributed by atoms with E-state index < -0.39 is 17.4 Å². The number of benzene rings is 1. The SMILES string of the molecule is CCOC(=O)C(C)(C)C(=O)Oc1c(Cl)c(Cl)c(Cl)c(Cl)c1Cl. The van der Waals surface area contributed by atoms with Crippen molar-refractivity contribution in [1.82, 2.24) is 0 Å². The van der Waals surface area contributed by atoms with Crippen LogP contribution in [0.1, 0.15) is 20.8 Å². The molecule has 0 fully saturated rings. The lowest BCUT2D eigenvalue weighted by molar-refractivity contribution is -0.164. The molecule has 0 saturated heterocycles. The lowest BCUT2D eigenvalue weighted by Gasteiger charge is -2.21. The first-order valence-electron chi connectivity index (χ1n) is 5.96. The summed E-state index contributed by atoms with van der Waals surface area (Å²) in [6.07, 6.45) is 0. The summed E-state index contributed by atoms with van der Waals surface area (Å²) in [5, 5.41) is -0.671. The van der Waals surface area contributed by atoms with Gasteiger partial charge < -0.3 is 9.47 Å². The van der Waals surface area contributed by atoms with E-state index in [0.717, 1.165) is 0 Å². The summed E-state index contributed by atoms with van der Waals surface area (Å²) in [6.45, 7) is 4.42. The second kappa shape index (κ2) is 7.45. The van der Waals surface area contributed by atoms with E-state index in [0.29, 0.717) is 0 Å². The van der Waals surface area contributed by atoms with E-state index in [1.165, 1.54) is 13.8 Å². The molecule has 0 unspecified atom stereocenters. The van der Waals surface area contributed by atoms with E-state index in [9.17, 15) is 9.59 Å². The van der Waals surface area contributed by atoms with Crippen molar-refractivity contribution in [2.24, 2.45) is 5.41 Å². The largest absolute Gasteiger partial charge is 0.465 e. The molecular formula is C13H11Cl5O4. The van der Waals surface area contributed by atoms with E-state index in [4.69, 9.17) is 67.5 Å². The molecule has 122 valence electrons. The zero-order valence-corrected chi connectivity index (χ0v) is 15.5. The lowest BCUT2D eigenvalue weighted by Crippen LogP contribution is -2.38. The van der Waals surface area contributed by atoms with Gasteiger partial charge in [-0.3, -0.25) is 9.59 Å². The van der Waals surface area contributed by atoms with Gasteiger partial charge in [-0.05, 0) is 20.8 Å². The first-order chi connectivity index (χ1) is 10.1. The average molecular weight is 408 g/mol. The Bertz CT molecular complexity index is 598. The molecule has 1 rings (SSSR count). The molecule has 0 spiro atoms. The summed E-state index contributed by atoms with van der Waals surface area (Å²) in [5.41, 5.74) is -1.57. The van der Waals surface area contributed by atoms with Crippen LogP contribution in [-0.2, 0) is 14.3 Å². The molecule has 0 saturated carbocycles. The van der Waals surface area contributed by atoms with Crippen LogP contribution in [0.3, 0.4) is 0 Å². The van der Waals surface area contributed by atoms with Gasteiger partial charge in [0.05, 0.1) is 21.7 Å². The van der Waals surface area contributed by atoms with Gasteiger partial charge in [0.1, 0.15) is 10.0 Å². The molecule has 0 aliphatic heterocycles. The summed E-state index contributed by atoms with van der Waals surface area (Å²) in [7, 11) is 0. The molecule has 0 amide bonds. The molecule has 0 aliphatic carbocycles. The highest BCUT2D eigenvalue weighted by Crippen LogP contribution is 2.48. The van der Waals surface area contributed by atoms with Gasteiger partial charge in [0.15, 0.2) is 11.2 Å². The molecule has 0 radical (unpaired) electrons. The summed E-state index contributed by atoms with van der Waals surface area (Å²) in [4.78, 5) is 24.0. The maximum Gasteiger partial charge on any atom is 0.328 e. The number of carbonyl (C=O) groups excluding carboxylic acids is 2. The van der Waals surface area contributed by atoms with Gasteiger partial charge in [0.2, 0.25) is 0 Å². The smallest absolute Gasteiger partial charge is 0.328 e. The molecular weight excluding hydrogens is 397 g/mol. The Balaban J connectivity index is 3.21. The predicted molar refractivity (Wildman–Crippen MR) is 87.5 cm³/mol. The van der Waals surface area contributed by atoms with Gasteiger partial charge in [-0.15, -0.1) is 0 Å². The molecule has 4 nitrogen and oxygen atoms in total. The predicted octanol–water partition coefficient (Wildman–Crippen LogP) is 5.45. The minimum absolute atomic E-state index is 0.0669. The maximum atomic E-state index is 12.2. The highest BCUT2D eigenvalue weighted by atomic mass is 35.5. The van der Waals surface area contributed by atoms with Gasteiger partial charge in [-0.25, -0.2) is 0 Å². The molecule has 0 atom stereocenters. The van der Waals surface area contributed by atoms with E-state index in [-0.39, 0.29) is 37.5 Å². The molecule has 22 heavy (non-hydrogen) atoms. The van der Waals surface area contributed by atoms with Crippen LogP contribution in [0.25, 0.3) is 0 Å². The Morgan fingerprint density at radius 1 is 0.864 bits per heavy atom. The first kappa shape index (κ1) is 19.7. The van der Waals surface area contributed by atoms with Crippen LogP contribution in [0.4, 0.5) is 0 Å². The quantitative estimate of drug-likeness (QED) is 0.219. The molecule has 0 bridgehead atoms. The fourth-order valence-corrected chi connectivity index (χ4v) is 2.49. The van der Waals surface area contributed by atoms with Gasteiger partial charge in [0.25, 0.3) is 0 Å². The van der Waals surface area contributed by atoms with Crippen molar-refractivity contribution in [2.75, 3.05) is 6.61 Å². The van der Waals surface area contributed by atoms with E-state index in [1.807, 2.05) is 0 Å². The monoisotopic (exact) mass is 406 g/mol. The van der Waals surface area contributed by atoms with Crippen molar-refractivity contribution in [3.05, 3.63) is 25.1 Å². The number of hydrogen-bond donors (Lipinski definition) is 0. The number of esters is 2. The molecule has 1 aromatic rings. The number of ether oxygens (including phenoxy) is 2. The second-order valence-corrected chi connectivity index (χ2v) is 6.52. The normalized spacial score (nSPS) is 11.3. The van der Waals surface area contributed by atoms with Gasteiger partial charge in [-0.2, -0.15) is 0 Å². The lowest BCUT2D eigenvalue weighted by atomic mass is 9.94. The minimum Gasteiger partial charge on any atom is -0.465 e. The fraction of sp³-hybridized carbons (Fsp3) is 0.385. The standard InChI is InChI=1S/C13H11Cl5O4/c1-4-21-11(19)13(2,3)12(20)22-10-8(17)6(15)5(14)7(16)9(10)18/h4H2,1-3H3. The summed E-state index contributed by atoms with van der Waals surface area (Å²) >= 11 is 29.5. The van der Waals surface area contributed by atoms with Crippen molar-refractivity contribution < 1.29 is 19.1 Å². The fourth-order valence-electron chi connectivity index (χ4n) is 1.29. The van der Waals surface area contributed by atoms with E-state index >= 15 is 0 Å². The van der Waals surface area contributed by atoms with E-state index in [1.54, 1.807) is 6.92 Å². The minimum atomic E-state index is -1.57. The van der Waals surface area contributed by atoms with Crippen LogP contribution in [-0.4, -0.2) is 18.5 Å². The number of rotatable bonds is 4. The van der Waals surface area contributed by atoms with Crippen molar-refractivity contribution >= 4 is 69.9 Å². The Labute approximate surface area is 152 Å². The number of carbonyl (C=O) groups is 2. The molecule has 0 N–H and O–H groups in total. The molecule has 0 heterocycles. The number of hydrogen-bond acceptors (Lipinski definition) is 4.